The van der Waals surface area contributed by atoms with Crippen molar-refractivity contribution >= 4 is 28.2 Å². The van der Waals surface area contributed by atoms with Crippen LogP contribution in [0.15, 0.2) is 12.1 Å². The predicted octanol–water partition coefficient (Wildman–Crippen LogP) is 4.60. The second-order valence-electron chi connectivity index (χ2n) is 5.34. The molecule has 2 aromatic rings. The summed E-state index contributed by atoms with van der Waals surface area (Å²) in [6.07, 6.45) is 0. The van der Waals surface area contributed by atoms with Crippen LogP contribution in [-0.4, -0.2) is 30.8 Å². The van der Waals surface area contributed by atoms with E-state index in [-0.39, 0.29) is 6.03 Å². The molecule has 0 saturated carbocycles. The van der Waals surface area contributed by atoms with Crippen molar-refractivity contribution in [2.24, 2.45) is 0 Å². The first-order valence-corrected chi connectivity index (χ1v) is 9.38. The fraction of sp³-hybridized carbons (Fsp3) is 0.444. The van der Waals surface area contributed by atoms with E-state index in [1.165, 1.54) is 11.3 Å². The molecule has 0 aliphatic rings. The van der Waals surface area contributed by atoms with Crippen molar-refractivity contribution in [3.8, 4) is 17.2 Å². The van der Waals surface area contributed by atoms with Gasteiger partial charge in [0.25, 0.3) is 0 Å². The van der Waals surface area contributed by atoms with Gasteiger partial charge in [-0.15, -0.1) is 11.3 Å². The minimum Gasteiger partial charge on any atom is -0.490 e. The van der Waals surface area contributed by atoms with Crippen molar-refractivity contribution in [3.63, 3.8) is 0 Å². The average molecular weight is 379 g/mol. The number of carbonyl (C=O) groups is 1. The molecule has 0 atom stereocenters. The van der Waals surface area contributed by atoms with E-state index in [9.17, 15) is 4.79 Å². The van der Waals surface area contributed by atoms with E-state index in [0.29, 0.717) is 47.9 Å². The predicted molar refractivity (Wildman–Crippen MR) is 104 cm³/mol. The first-order chi connectivity index (χ1) is 12.5. The van der Waals surface area contributed by atoms with Crippen molar-refractivity contribution in [3.05, 3.63) is 22.7 Å². The highest BCUT2D eigenvalue weighted by molar-refractivity contribution is 7.15. The summed E-state index contributed by atoms with van der Waals surface area (Å²) in [6, 6.07) is 3.05. The molecule has 0 aliphatic carbocycles. The molecule has 1 heterocycles. The van der Waals surface area contributed by atoms with Gasteiger partial charge in [-0.2, -0.15) is 0 Å². The number of ether oxygens (including phenoxy) is 3. The summed E-state index contributed by atoms with van der Waals surface area (Å²) >= 11 is 1.43. The number of anilines is 2. The number of nitrogens with zero attached hydrogens (tertiary/aromatic N) is 1. The van der Waals surface area contributed by atoms with E-state index in [2.05, 4.69) is 15.6 Å². The lowest BCUT2D eigenvalue weighted by molar-refractivity contribution is 0.260. The standard InChI is InChI=1S/C18H25N3O4S/c1-6-23-14-9-13(10-15(24-7-2)16(14)25-8-3)20-17(22)21-18-19-11(4)12(5)26-18/h9-10H,6-8H2,1-5H3,(H2,19,20,21,22). The lowest BCUT2D eigenvalue weighted by Gasteiger charge is -2.17. The van der Waals surface area contributed by atoms with Gasteiger partial charge in [0.15, 0.2) is 16.6 Å². The molecule has 0 aliphatic heterocycles. The largest absolute Gasteiger partial charge is 0.490 e. The van der Waals surface area contributed by atoms with E-state index in [4.69, 9.17) is 14.2 Å². The van der Waals surface area contributed by atoms with Gasteiger partial charge in [-0.25, -0.2) is 9.78 Å². The highest BCUT2D eigenvalue weighted by Gasteiger charge is 2.16. The van der Waals surface area contributed by atoms with Crippen LogP contribution in [0.3, 0.4) is 0 Å². The van der Waals surface area contributed by atoms with Crippen LogP contribution in [0.4, 0.5) is 15.6 Å². The zero-order valence-corrected chi connectivity index (χ0v) is 16.6. The number of aromatic nitrogens is 1. The van der Waals surface area contributed by atoms with Gasteiger partial charge in [-0.1, -0.05) is 0 Å². The number of amides is 2. The fourth-order valence-corrected chi connectivity index (χ4v) is 3.06. The number of aryl methyl sites for hydroxylation is 2. The van der Waals surface area contributed by atoms with Crippen LogP contribution >= 0.6 is 11.3 Å². The van der Waals surface area contributed by atoms with Crippen LogP contribution in [0.25, 0.3) is 0 Å². The third-order valence-corrected chi connectivity index (χ3v) is 4.40. The monoisotopic (exact) mass is 379 g/mol. The first kappa shape index (κ1) is 19.8. The van der Waals surface area contributed by atoms with Crippen molar-refractivity contribution in [1.82, 2.24) is 4.98 Å². The SMILES string of the molecule is CCOc1cc(NC(=O)Nc2nc(C)c(C)s2)cc(OCC)c1OCC. The molecular weight excluding hydrogens is 354 g/mol. The third kappa shape index (κ3) is 5.01. The Morgan fingerprint density at radius 3 is 2.04 bits per heavy atom. The van der Waals surface area contributed by atoms with Gasteiger partial charge >= 0.3 is 6.03 Å². The Hall–Kier alpha value is -2.48. The normalized spacial score (nSPS) is 10.3. The molecular formula is C18H25N3O4S. The van der Waals surface area contributed by atoms with Crippen molar-refractivity contribution < 1.29 is 19.0 Å². The number of thiazole rings is 1. The highest BCUT2D eigenvalue weighted by Crippen LogP contribution is 2.40. The first-order valence-electron chi connectivity index (χ1n) is 8.56. The second-order valence-corrected chi connectivity index (χ2v) is 6.54. The molecule has 2 rings (SSSR count). The maximum atomic E-state index is 12.3. The van der Waals surface area contributed by atoms with E-state index in [1.54, 1.807) is 12.1 Å². The molecule has 7 nitrogen and oxygen atoms in total. The number of hydrogen-bond acceptors (Lipinski definition) is 6. The van der Waals surface area contributed by atoms with Crippen LogP contribution in [0.5, 0.6) is 17.2 Å². The molecule has 26 heavy (non-hydrogen) atoms. The topological polar surface area (TPSA) is 81.7 Å². The third-order valence-electron chi connectivity index (χ3n) is 3.42. The number of rotatable bonds is 8. The van der Waals surface area contributed by atoms with Crippen LogP contribution in [-0.2, 0) is 0 Å². The number of urea groups is 1. The Balaban J connectivity index is 2.22. The zero-order chi connectivity index (χ0) is 19.1. The molecule has 2 amide bonds. The molecule has 2 N–H and O–H groups in total. The van der Waals surface area contributed by atoms with Crippen LogP contribution in [0.2, 0.25) is 0 Å². The minimum absolute atomic E-state index is 0.382. The van der Waals surface area contributed by atoms with Crippen LogP contribution in [0.1, 0.15) is 31.3 Å². The smallest absolute Gasteiger partial charge is 0.325 e. The van der Waals surface area contributed by atoms with Gasteiger partial charge in [-0.05, 0) is 34.6 Å². The maximum absolute atomic E-state index is 12.3. The lowest BCUT2D eigenvalue weighted by atomic mass is 10.2. The van der Waals surface area contributed by atoms with Gasteiger partial charge in [-0.3, -0.25) is 5.32 Å². The molecule has 0 unspecified atom stereocenters. The number of hydrogen-bond donors (Lipinski definition) is 2. The summed E-state index contributed by atoms with van der Waals surface area (Å²) in [5.74, 6) is 1.58. The Morgan fingerprint density at radius 1 is 1.00 bits per heavy atom. The fourth-order valence-electron chi connectivity index (χ4n) is 2.25. The molecule has 0 bridgehead atoms. The summed E-state index contributed by atoms with van der Waals surface area (Å²) in [6.45, 7) is 11.0. The molecule has 1 aromatic heterocycles. The van der Waals surface area contributed by atoms with Gasteiger partial charge in [0.05, 0.1) is 31.2 Å². The summed E-state index contributed by atoms with van der Waals surface area (Å²) in [5, 5.41) is 6.08. The highest BCUT2D eigenvalue weighted by atomic mass is 32.1. The van der Waals surface area contributed by atoms with Gasteiger partial charge < -0.3 is 19.5 Å². The van der Waals surface area contributed by atoms with Crippen molar-refractivity contribution in [2.75, 3.05) is 30.5 Å². The van der Waals surface area contributed by atoms with E-state index >= 15 is 0 Å². The van der Waals surface area contributed by atoms with Crippen LogP contribution in [0, 0.1) is 13.8 Å². The molecule has 0 radical (unpaired) electrons. The van der Waals surface area contributed by atoms with Gasteiger partial charge in [0.1, 0.15) is 0 Å². The lowest BCUT2D eigenvalue weighted by Crippen LogP contribution is -2.19. The quantitative estimate of drug-likeness (QED) is 0.700. The summed E-state index contributed by atoms with van der Waals surface area (Å²) in [7, 11) is 0. The Kier molecular flexibility index (Phi) is 7.08. The van der Waals surface area contributed by atoms with Gasteiger partial charge in [0.2, 0.25) is 5.75 Å². The number of benzene rings is 1. The molecule has 8 heteroatoms. The second kappa shape index (κ2) is 9.28. The zero-order valence-electron chi connectivity index (χ0n) is 15.8. The number of carbonyl (C=O) groups excluding carboxylic acids is 1. The van der Waals surface area contributed by atoms with Crippen LogP contribution < -0.4 is 24.8 Å². The average Bonchev–Trinajstić information content (AvgIpc) is 2.88. The maximum Gasteiger partial charge on any atom is 0.325 e. The van der Waals surface area contributed by atoms with Crippen molar-refractivity contribution in [2.45, 2.75) is 34.6 Å². The molecule has 142 valence electrons. The van der Waals surface area contributed by atoms with Gasteiger partial charge in [0, 0.05) is 17.0 Å². The molecule has 0 spiro atoms. The summed E-state index contributed by atoms with van der Waals surface area (Å²) in [5.41, 5.74) is 1.45. The molecule has 1 aromatic carbocycles. The summed E-state index contributed by atoms with van der Waals surface area (Å²) in [4.78, 5) is 17.7. The Bertz CT molecular complexity index is 714. The van der Waals surface area contributed by atoms with E-state index < -0.39 is 0 Å². The Morgan fingerprint density at radius 2 is 1.58 bits per heavy atom. The Labute approximate surface area is 157 Å². The molecule has 0 fully saturated rings. The minimum atomic E-state index is -0.382. The van der Waals surface area contributed by atoms with Crippen molar-refractivity contribution in [1.29, 1.82) is 0 Å². The summed E-state index contributed by atoms with van der Waals surface area (Å²) < 4.78 is 17.0. The van der Waals surface area contributed by atoms with E-state index in [1.807, 2.05) is 34.6 Å². The molecule has 0 saturated heterocycles. The van der Waals surface area contributed by atoms with E-state index in [0.717, 1.165) is 10.6 Å². The number of nitrogens with one attached hydrogen (secondary N) is 2.